The maximum Gasteiger partial charge on any atom is 0.306 e. The van der Waals surface area contributed by atoms with Gasteiger partial charge in [0, 0.05) is 19.3 Å². The Morgan fingerprint density at radius 2 is 0.520 bits per heavy atom. The molecular weight excluding hydrogens is 925 g/mol. The molecule has 1 atom stereocenters. The first kappa shape index (κ1) is 71.1. The van der Waals surface area contributed by atoms with Crippen molar-refractivity contribution in [1.82, 2.24) is 0 Å². The van der Waals surface area contributed by atoms with Crippen LogP contribution in [0.15, 0.2) is 109 Å². The van der Waals surface area contributed by atoms with Gasteiger partial charge < -0.3 is 14.2 Å². The number of hydrogen-bond acceptors (Lipinski definition) is 6. The standard InChI is InChI=1S/C69H116O6/c1-4-7-10-13-16-19-22-25-28-30-31-32-33-34-35-36-37-39-41-44-47-50-53-56-59-62-68(71)74-65-66(64-73-67(70)61-58-55-52-49-46-43-40-27-24-21-18-15-12-9-6-3)75-69(72)63-60-57-54-51-48-45-42-38-29-26-23-20-17-14-11-8-5-2/h7,10,16,18-19,21,25-29,31-32,34-35,37,39-40,66H,4-6,8-9,11-15,17,20,22-24,30,33,36,38,41-65H2,1-3H3/b10-7-,19-16-,21-18-,28-25-,29-26-,32-31-,35-34-,39-37-,40-27-. The van der Waals surface area contributed by atoms with Crippen LogP contribution in [0.4, 0.5) is 0 Å². The zero-order chi connectivity index (χ0) is 54.3. The Morgan fingerprint density at radius 3 is 0.853 bits per heavy atom. The van der Waals surface area contributed by atoms with E-state index < -0.39 is 6.10 Å². The summed E-state index contributed by atoms with van der Waals surface area (Å²) >= 11 is 0. The van der Waals surface area contributed by atoms with Crippen LogP contribution in [-0.2, 0) is 28.6 Å². The molecule has 0 rings (SSSR count). The minimum Gasteiger partial charge on any atom is -0.462 e. The number of carbonyl (C=O) groups is 3. The van der Waals surface area contributed by atoms with Crippen molar-refractivity contribution in [2.45, 2.75) is 297 Å². The van der Waals surface area contributed by atoms with Gasteiger partial charge in [0.1, 0.15) is 13.2 Å². The molecule has 0 saturated carbocycles. The third-order valence-corrected chi connectivity index (χ3v) is 13.2. The lowest BCUT2D eigenvalue weighted by Gasteiger charge is -2.18. The molecule has 428 valence electrons. The second kappa shape index (κ2) is 62.6. The number of ether oxygens (including phenoxy) is 3. The van der Waals surface area contributed by atoms with Crippen molar-refractivity contribution in [3.63, 3.8) is 0 Å². The number of rotatable bonds is 56. The molecule has 0 heterocycles. The van der Waals surface area contributed by atoms with Crippen molar-refractivity contribution in [2.75, 3.05) is 13.2 Å². The van der Waals surface area contributed by atoms with Crippen LogP contribution in [-0.4, -0.2) is 37.2 Å². The van der Waals surface area contributed by atoms with Gasteiger partial charge in [0.25, 0.3) is 0 Å². The Labute approximate surface area is 463 Å². The third-order valence-electron chi connectivity index (χ3n) is 13.2. The Morgan fingerprint density at radius 1 is 0.280 bits per heavy atom. The van der Waals surface area contributed by atoms with Crippen LogP contribution in [0.1, 0.15) is 290 Å². The summed E-state index contributed by atoms with van der Waals surface area (Å²) in [5.74, 6) is -0.918. The van der Waals surface area contributed by atoms with E-state index >= 15 is 0 Å². The van der Waals surface area contributed by atoms with Gasteiger partial charge in [-0.2, -0.15) is 0 Å². The molecule has 0 aliphatic rings. The summed E-state index contributed by atoms with van der Waals surface area (Å²) in [6.07, 6.45) is 85.1. The number of unbranched alkanes of at least 4 members (excludes halogenated alkanes) is 27. The average Bonchev–Trinajstić information content (AvgIpc) is 3.41. The first-order valence-corrected chi connectivity index (χ1v) is 31.4. The lowest BCUT2D eigenvalue weighted by Crippen LogP contribution is -2.30. The summed E-state index contributed by atoms with van der Waals surface area (Å²) in [5.41, 5.74) is 0. The molecule has 0 spiro atoms. The van der Waals surface area contributed by atoms with Crippen molar-refractivity contribution in [3.8, 4) is 0 Å². The van der Waals surface area contributed by atoms with Crippen molar-refractivity contribution in [3.05, 3.63) is 109 Å². The molecule has 75 heavy (non-hydrogen) atoms. The Kier molecular flexibility index (Phi) is 59.3. The summed E-state index contributed by atoms with van der Waals surface area (Å²) in [4.78, 5) is 38.3. The lowest BCUT2D eigenvalue weighted by atomic mass is 10.1. The summed E-state index contributed by atoms with van der Waals surface area (Å²) in [7, 11) is 0. The fourth-order valence-corrected chi connectivity index (χ4v) is 8.53. The van der Waals surface area contributed by atoms with Crippen molar-refractivity contribution in [1.29, 1.82) is 0 Å². The molecule has 0 N–H and O–H groups in total. The molecule has 6 heteroatoms. The number of allylic oxidation sites excluding steroid dienone is 18. The fraction of sp³-hybridized carbons (Fsp3) is 0.696. The maximum absolute atomic E-state index is 12.9. The van der Waals surface area contributed by atoms with Crippen LogP contribution in [0, 0.1) is 0 Å². The summed E-state index contributed by atoms with van der Waals surface area (Å²) in [5, 5.41) is 0. The molecule has 0 bridgehead atoms. The quantitative estimate of drug-likeness (QED) is 0.0261. The lowest BCUT2D eigenvalue weighted by molar-refractivity contribution is -0.167. The first-order valence-electron chi connectivity index (χ1n) is 31.4. The molecule has 0 aliphatic carbocycles. The zero-order valence-electron chi connectivity index (χ0n) is 49.0. The SMILES string of the molecule is CC/C=C\C/C=C\C/C=C\C/C=C\C/C=C\C/C=C\CCCCCCCCC(=O)OCC(COC(=O)CCCCCCC/C=C\C/C=C\CCCCC)OC(=O)CCCCCCCCC/C=C\CCCCCCCC. The normalized spacial score (nSPS) is 12.8. The highest BCUT2D eigenvalue weighted by atomic mass is 16.6. The van der Waals surface area contributed by atoms with E-state index in [0.29, 0.717) is 19.3 Å². The van der Waals surface area contributed by atoms with Crippen molar-refractivity contribution < 1.29 is 28.6 Å². The van der Waals surface area contributed by atoms with Gasteiger partial charge >= 0.3 is 17.9 Å². The van der Waals surface area contributed by atoms with Gasteiger partial charge in [0.2, 0.25) is 0 Å². The summed E-state index contributed by atoms with van der Waals surface area (Å²) in [6.45, 7) is 6.48. The summed E-state index contributed by atoms with van der Waals surface area (Å²) in [6, 6.07) is 0. The van der Waals surface area contributed by atoms with Gasteiger partial charge in [-0.3, -0.25) is 14.4 Å². The maximum atomic E-state index is 12.9. The van der Waals surface area contributed by atoms with E-state index in [1.807, 2.05) is 0 Å². The molecule has 0 aliphatic heterocycles. The Balaban J connectivity index is 4.41. The van der Waals surface area contributed by atoms with Gasteiger partial charge in [-0.1, -0.05) is 252 Å². The minimum absolute atomic E-state index is 0.0923. The van der Waals surface area contributed by atoms with Crippen LogP contribution in [0.3, 0.4) is 0 Å². The number of esters is 3. The van der Waals surface area contributed by atoms with E-state index in [0.717, 1.165) is 135 Å². The second-order valence-electron chi connectivity index (χ2n) is 20.6. The molecule has 0 aromatic carbocycles. The molecular formula is C69H116O6. The minimum atomic E-state index is -0.795. The second-order valence-corrected chi connectivity index (χ2v) is 20.6. The first-order chi connectivity index (χ1) is 37.0. The monoisotopic (exact) mass is 1040 g/mol. The molecule has 0 fully saturated rings. The number of carbonyl (C=O) groups excluding carboxylic acids is 3. The third kappa shape index (κ3) is 60.8. The topological polar surface area (TPSA) is 78.9 Å². The van der Waals surface area contributed by atoms with Gasteiger partial charge in [-0.25, -0.2) is 0 Å². The highest BCUT2D eigenvalue weighted by Gasteiger charge is 2.19. The van der Waals surface area contributed by atoms with E-state index in [1.54, 1.807) is 0 Å². The molecule has 1 unspecified atom stereocenters. The van der Waals surface area contributed by atoms with Gasteiger partial charge in [0.05, 0.1) is 0 Å². The molecule has 0 aromatic rings. The fourth-order valence-electron chi connectivity index (χ4n) is 8.53. The van der Waals surface area contributed by atoms with Gasteiger partial charge in [-0.05, 0) is 128 Å². The average molecular weight is 1040 g/mol. The molecule has 0 saturated heterocycles. The van der Waals surface area contributed by atoms with Gasteiger partial charge in [-0.15, -0.1) is 0 Å². The molecule has 0 amide bonds. The molecule has 6 nitrogen and oxygen atoms in total. The van der Waals surface area contributed by atoms with Crippen LogP contribution in [0.2, 0.25) is 0 Å². The van der Waals surface area contributed by atoms with Crippen molar-refractivity contribution in [2.24, 2.45) is 0 Å². The predicted molar refractivity (Wildman–Crippen MR) is 325 cm³/mol. The smallest absolute Gasteiger partial charge is 0.306 e. The van der Waals surface area contributed by atoms with Crippen LogP contribution in [0.25, 0.3) is 0 Å². The van der Waals surface area contributed by atoms with E-state index in [4.69, 9.17) is 14.2 Å². The highest BCUT2D eigenvalue weighted by molar-refractivity contribution is 5.71. The van der Waals surface area contributed by atoms with Crippen molar-refractivity contribution >= 4 is 17.9 Å². The van der Waals surface area contributed by atoms with E-state index in [1.165, 1.54) is 116 Å². The van der Waals surface area contributed by atoms with Crippen LogP contribution < -0.4 is 0 Å². The largest absolute Gasteiger partial charge is 0.462 e. The van der Waals surface area contributed by atoms with Crippen LogP contribution in [0.5, 0.6) is 0 Å². The van der Waals surface area contributed by atoms with Crippen LogP contribution >= 0.6 is 0 Å². The van der Waals surface area contributed by atoms with E-state index in [-0.39, 0.29) is 31.1 Å². The Bertz CT molecular complexity index is 1520. The zero-order valence-corrected chi connectivity index (χ0v) is 49.0. The van der Waals surface area contributed by atoms with E-state index in [2.05, 4.69) is 130 Å². The number of hydrogen-bond donors (Lipinski definition) is 0. The molecule has 0 aromatic heterocycles. The van der Waals surface area contributed by atoms with E-state index in [9.17, 15) is 14.4 Å². The predicted octanol–water partition coefficient (Wildman–Crippen LogP) is 21.4. The molecule has 0 radical (unpaired) electrons. The summed E-state index contributed by atoms with van der Waals surface area (Å²) < 4.78 is 16.9. The highest BCUT2D eigenvalue weighted by Crippen LogP contribution is 2.15. The Hall–Kier alpha value is -3.93. The van der Waals surface area contributed by atoms with Gasteiger partial charge in [0.15, 0.2) is 6.10 Å².